The van der Waals surface area contributed by atoms with E-state index in [9.17, 15) is 20.2 Å². The van der Waals surface area contributed by atoms with Crippen LogP contribution < -0.4 is 10.6 Å². The molecule has 0 bridgehead atoms. The van der Waals surface area contributed by atoms with Gasteiger partial charge in [-0.15, -0.1) is 0 Å². The average Bonchev–Trinajstić information content (AvgIpc) is 2.64. The van der Waals surface area contributed by atoms with Gasteiger partial charge in [0.15, 0.2) is 0 Å². The van der Waals surface area contributed by atoms with Gasteiger partial charge in [0.1, 0.15) is 11.6 Å². The fourth-order valence-corrected chi connectivity index (χ4v) is 2.59. The molecule has 0 atom stereocenters. The molecular formula is C19H17ClN4O3. The lowest BCUT2D eigenvalue weighted by molar-refractivity contribution is -0.384. The van der Waals surface area contributed by atoms with Crippen LogP contribution in [-0.4, -0.2) is 10.8 Å². The zero-order valence-corrected chi connectivity index (χ0v) is 15.5. The Morgan fingerprint density at radius 3 is 2.74 bits per heavy atom. The molecule has 2 aromatic carbocycles. The maximum Gasteiger partial charge on any atom is 0.271 e. The molecule has 0 spiro atoms. The van der Waals surface area contributed by atoms with Crippen molar-refractivity contribution in [2.75, 3.05) is 10.6 Å². The molecule has 0 aromatic heterocycles. The van der Waals surface area contributed by atoms with Gasteiger partial charge < -0.3 is 10.6 Å². The van der Waals surface area contributed by atoms with Crippen molar-refractivity contribution in [3.8, 4) is 6.07 Å². The van der Waals surface area contributed by atoms with Crippen LogP contribution >= 0.6 is 11.6 Å². The number of rotatable bonds is 6. The molecule has 7 nitrogen and oxygen atoms in total. The predicted molar refractivity (Wildman–Crippen MR) is 105 cm³/mol. The Morgan fingerprint density at radius 1 is 1.37 bits per heavy atom. The fourth-order valence-electron chi connectivity index (χ4n) is 2.42. The van der Waals surface area contributed by atoms with Gasteiger partial charge in [0.2, 0.25) is 0 Å². The lowest BCUT2D eigenvalue weighted by atomic mass is 10.1. The number of carbonyl (C=O) groups is 1. The number of benzene rings is 2. The van der Waals surface area contributed by atoms with Gasteiger partial charge in [0.25, 0.3) is 11.6 Å². The van der Waals surface area contributed by atoms with E-state index in [0.29, 0.717) is 5.69 Å². The minimum absolute atomic E-state index is 0.161. The first-order chi connectivity index (χ1) is 12.9. The molecule has 0 saturated carbocycles. The molecule has 27 heavy (non-hydrogen) atoms. The van der Waals surface area contributed by atoms with Crippen LogP contribution in [0.25, 0.3) is 0 Å². The van der Waals surface area contributed by atoms with E-state index in [2.05, 4.69) is 10.6 Å². The van der Waals surface area contributed by atoms with E-state index in [0.717, 1.165) is 17.5 Å². The Kier molecular flexibility index (Phi) is 6.52. The van der Waals surface area contributed by atoms with Gasteiger partial charge in [0, 0.05) is 24.0 Å². The number of para-hydroxylation sites is 1. The molecule has 0 saturated heterocycles. The summed E-state index contributed by atoms with van der Waals surface area (Å²) in [6.45, 7) is 3.84. The summed E-state index contributed by atoms with van der Waals surface area (Å²) in [7, 11) is 0. The Balaban J connectivity index is 2.25. The summed E-state index contributed by atoms with van der Waals surface area (Å²) in [6.07, 6.45) is 1.90. The van der Waals surface area contributed by atoms with Crippen LogP contribution in [0.1, 0.15) is 18.1 Å². The van der Waals surface area contributed by atoms with Crippen LogP contribution in [0.5, 0.6) is 0 Å². The van der Waals surface area contributed by atoms with Gasteiger partial charge in [-0.1, -0.05) is 36.7 Å². The van der Waals surface area contributed by atoms with Crippen LogP contribution in [0.15, 0.2) is 48.2 Å². The Morgan fingerprint density at radius 2 is 2.11 bits per heavy atom. The van der Waals surface area contributed by atoms with Crippen molar-refractivity contribution in [1.29, 1.82) is 5.26 Å². The number of amides is 1. The fraction of sp³-hybridized carbons (Fsp3) is 0.158. The monoisotopic (exact) mass is 384 g/mol. The second-order valence-corrected chi connectivity index (χ2v) is 6.06. The summed E-state index contributed by atoms with van der Waals surface area (Å²) >= 11 is 6.00. The SMILES string of the molecule is CCc1cccc(C)c1NC(=O)/C(C#N)=C\Nc1cc([N+](=O)[O-])ccc1Cl. The van der Waals surface area contributed by atoms with Gasteiger partial charge in [-0.25, -0.2) is 0 Å². The van der Waals surface area contributed by atoms with E-state index in [1.54, 1.807) is 0 Å². The highest BCUT2D eigenvalue weighted by Gasteiger charge is 2.14. The highest BCUT2D eigenvalue weighted by atomic mass is 35.5. The summed E-state index contributed by atoms with van der Waals surface area (Å²) in [5.74, 6) is -0.587. The molecule has 0 heterocycles. The Bertz CT molecular complexity index is 964. The maximum absolute atomic E-state index is 12.5. The smallest absolute Gasteiger partial charge is 0.271 e. The minimum atomic E-state index is -0.587. The zero-order chi connectivity index (χ0) is 20.0. The molecule has 0 fully saturated rings. The Labute approximate surface area is 161 Å². The predicted octanol–water partition coefficient (Wildman–Crippen LogP) is 4.58. The van der Waals surface area contributed by atoms with Crippen molar-refractivity contribution < 1.29 is 9.72 Å². The van der Waals surface area contributed by atoms with E-state index in [-0.39, 0.29) is 22.0 Å². The number of aryl methyl sites for hydroxylation is 2. The van der Waals surface area contributed by atoms with Crippen LogP contribution in [0.4, 0.5) is 17.1 Å². The number of hydrogen-bond acceptors (Lipinski definition) is 5. The number of nitriles is 1. The molecule has 2 N–H and O–H groups in total. The molecule has 1 amide bonds. The second-order valence-electron chi connectivity index (χ2n) is 5.65. The number of nitro groups is 1. The third-order valence-electron chi connectivity index (χ3n) is 3.88. The van der Waals surface area contributed by atoms with Crippen LogP contribution in [-0.2, 0) is 11.2 Å². The molecule has 0 radical (unpaired) electrons. The molecule has 138 valence electrons. The van der Waals surface area contributed by atoms with Gasteiger partial charge in [-0.2, -0.15) is 5.26 Å². The first-order valence-electron chi connectivity index (χ1n) is 8.08. The number of nitrogens with zero attached hydrogens (tertiary/aromatic N) is 2. The largest absolute Gasteiger partial charge is 0.359 e. The van der Waals surface area contributed by atoms with E-state index in [4.69, 9.17) is 11.6 Å². The van der Waals surface area contributed by atoms with Crippen molar-refractivity contribution in [3.63, 3.8) is 0 Å². The van der Waals surface area contributed by atoms with Crippen LogP contribution in [0.3, 0.4) is 0 Å². The normalized spacial score (nSPS) is 10.8. The number of nitrogens with one attached hydrogen (secondary N) is 2. The van der Waals surface area contributed by atoms with E-state index < -0.39 is 10.8 Å². The molecule has 0 aliphatic carbocycles. The topological polar surface area (TPSA) is 108 Å². The highest BCUT2D eigenvalue weighted by molar-refractivity contribution is 6.33. The lowest BCUT2D eigenvalue weighted by Gasteiger charge is -2.12. The number of hydrogen-bond donors (Lipinski definition) is 2. The number of non-ortho nitro benzene ring substituents is 1. The molecule has 2 aromatic rings. The average molecular weight is 385 g/mol. The second kappa shape index (κ2) is 8.83. The number of anilines is 2. The lowest BCUT2D eigenvalue weighted by Crippen LogP contribution is -2.16. The Hall–Kier alpha value is -3.37. The molecule has 0 aliphatic heterocycles. The van der Waals surface area contributed by atoms with Crippen LogP contribution in [0.2, 0.25) is 5.02 Å². The van der Waals surface area contributed by atoms with Gasteiger partial charge in [-0.05, 0) is 30.5 Å². The molecular weight excluding hydrogens is 368 g/mol. The van der Waals surface area contributed by atoms with Crippen molar-refractivity contribution in [3.05, 3.63) is 74.4 Å². The minimum Gasteiger partial charge on any atom is -0.359 e. The van der Waals surface area contributed by atoms with Crippen molar-refractivity contribution in [1.82, 2.24) is 0 Å². The summed E-state index contributed by atoms with van der Waals surface area (Å²) in [5.41, 5.74) is 2.37. The quantitative estimate of drug-likeness (QED) is 0.328. The summed E-state index contributed by atoms with van der Waals surface area (Å²) in [4.78, 5) is 22.8. The van der Waals surface area contributed by atoms with Gasteiger partial charge in [-0.3, -0.25) is 14.9 Å². The molecule has 8 heteroatoms. The van der Waals surface area contributed by atoms with Gasteiger partial charge in [0.05, 0.1) is 15.6 Å². The standard InChI is InChI=1S/C19H17ClN4O3/c1-3-13-6-4-5-12(2)18(13)23-19(25)14(10-21)11-22-17-9-15(24(26)27)7-8-16(17)20/h4-9,11,22H,3H2,1-2H3,(H,23,25)/b14-11-. The van der Waals surface area contributed by atoms with Crippen molar-refractivity contribution >= 4 is 34.6 Å². The van der Waals surface area contributed by atoms with E-state index in [1.165, 1.54) is 24.4 Å². The number of nitro benzene ring substituents is 1. The van der Waals surface area contributed by atoms with Crippen molar-refractivity contribution in [2.45, 2.75) is 20.3 Å². The zero-order valence-electron chi connectivity index (χ0n) is 14.7. The number of carbonyl (C=O) groups excluding carboxylic acids is 1. The third kappa shape index (κ3) is 4.84. The number of halogens is 1. The van der Waals surface area contributed by atoms with Gasteiger partial charge >= 0.3 is 0 Å². The van der Waals surface area contributed by atoms with E-state index in [1.807, 2.05) is 38.1 Å². The van der Waals surface area contributed by atoms with Crippen molar-refractivity contribution in [2.24, 2.45) is 0 Å². The summed E-state index contributed by atoms with van der Waals surface area (Å²) < 4.78 is 0. The van der Waals surface area contributed by atoms with Crippen LogP contribution in [0, 0.1) is 28.4 Å². The third-order valence-corrected chi connectivity index (χ3v) is 4.21. The first-order valence-corrected chi connectivity index (χ1v) is 8.45. The maximum atomic E-state index is 12.5. The molecule has 0 aliphatic rings. The summed E-state index contributed by atoms with van der Waals surface area (Å²) in [6, 6.07) is 11.3. The highest BCUT2D eigenvalue weighted by Crippen LogP contribution is 2.27. The molecule has 0 unspecified atom stereocenters. The molecule has 2 rings (SSSR count). The summed E-state index contributed by atoms with van der Waals surface area (Å²) in [5, 5.41) is 25.8. The van der Waals surface area contributed by atoms with E-state index >= 15 is 0 Å². The first kappa shape index (κ1) is 19.9.